The molecule has 13 heteroatoms. The highest BCUT2D eigenvalue weighted by molar-refractivity contribution is 5.91. The van der Waals surface area contributed by atoms with Crippen LogP contribution in [0, 0.1) is 45.8 Å². The molecular formula is C33H50O13. The predicted molar refractivity (Wildman–Crippen MR) is 157 cm³/mol. The van der Waals surface area contributed by atoms with Crippen molar-refractivity contribution in [1.29, 1.82) is 0 Å². The number of aliphatic hydroxyl groups is 6. The second kappa shape index (κ2) is 12.1. The van der Waals surface area contributed by atoms with E-state index in [1.165, 1.54) is 7.11 Å². The molecule has 13 nitrogen and oxygen atoms in total. The third kappa shape index (κ3) is 4.43. The molecule has 0 spiro atoms. The summed E-state index contributed by atoms with van der Waals surface area (Å²) in [5.74, 6) is -1.00. The first kappa shape index (κ1) is 34.3. The summed E-state index contributed by atoms with van der Waals surface area (Å²) in [5.41, 5.74) is -3.02. The standard InChI is InChI=1S/C33H50O13/c1-14(2)20-8-17-9-31(12-35)19-7-6-15(3)18(19)10-32(17,13-43-28-26(40)24(38)27(42-5)16(4)44-28)33(20,31)30(41)46-29-25(39)23(37)22(36)21(11-34)45-29/h8,12,14-19,21-29,34,36-40H,6-7,9-11,13H2,1-5H3/t15-,16-,17+,18-,19-,21+,22-,23+,24-,25-,26-,27-,28-,29+,31+,32+,33+/m1/s1. The summed E-state index contributed by atoms with van der Waals surface area (Å²) >= 11 is 0. The van der Waals surface area contributed by atoms with Crippen LogP contribution in [0.3, 0.4) is 0 Å². The van der Waals surface area contributed by atoms with Gasteiger partial charge in [0.2, 0.25) is 6.29 Å². The largest absolute Gasteiger partial charge is 0.432 e. The van der Waals surface area contributed by atoms with Gasteiger partial charge in [0.15, 0.2) is 6.29 Å². The molecule has 4 bridgehead atoms. The Bertz CT molecular complexity index is 1210. The van der Waals surface area contributed by atoms with Crippen LogP contribution in [0.25, 0.3) is 0 Å². The molecule has 46 heavy (non-hydrogen) atoms. The number of hydrogen-bond acceptors (Lipinski definition) is 13. The molecule has 17 atom stereocenters. The van der Waals surface area contributed by atoms with Crippen LogP contribution in [0.5, 0.6) is 0 Å². The van der Waals surface area contributed by atoms with Crippen LogP contribution < -0.4 is 0 Å². The maximum atomic E-state index is 15.1. The lowest BCUT2D eigenvalue weighted by molar-refractivity contribution is -0.311. The van der Waals surface area contributed by atoms with Crippen molar-refractivity contribution >= 4 is 12.3 Å². The number of carbonyl (C=O) groups excluding carboxylic acids is 2. The molecule has 0 aromatic rings. The van der Waals surface area contributed by atoms with Gasteiger partial charge in [-0.05, 0) is 55.8 Å². The number of carbonyl (C=O) groups is 2. The zero-order valence-corrected chi connectivity index (χ0v) is 27.1. The topological polar surface area (TPSA) is 202 Å². The van der Waals surface area contributed by atoms with E-state index in [2.05, 4.69) is 13.0 Å². The van der Waals surface area contributed by atoms with E-state index in [9.17, 15) is 35.4 Å². The summed E-state index contributed by atoms with van der Waals surface area (Å²) in [5, 5.41) is 63.2. The Labute approximate surface area is 268 Å². The molecule has 6 aliphatic rings. The van der Waals surface area contributed by atoms with Crippen molar-refractivity contribution in [2.24, 2.45) is 45.8 Å². The SMILES string of the molecule is CO[C@H]1[C@H](O)[C@@H](O)[C@H](OC[C@@]23C[C@@H]4[C@H](C)CC[C@H]4[C@@]4(C=O)C[C@@H]2C=C(C(C)C)[C@@]34C(=O)O[C@@H]2O[C@@H](CO)[C@@H](O)[C@H](O)[C@H]2O)O[C@@H]1C. The Kier molecular flexibility index (Phi) is 9.05. The third-order valence-corrected chi connectivity index (χ3v) is 12.7. The summed E-state index contributed by atoms with van der Waals surface area (Å²) < 4.78 is 29.3. The van der Waals surface area contributed by atoms with Crippen LogP contribution in [0.2, 0.25) is 0 Å². The van der Waals surface area contributed by atoms with Crippen LogP contribution in [-0.2, 0) is 33.3 Å². The van der Waals surface area contributed by atoms with E-state index in [-0.39, 0.29) is 36.2 Å². The van der Waals surface area contributed by atoms with Gasteiger partial charge in [-0.3, -0.25) is 4.79 Å². The van der Waals surface area contributed by atoms with Gasteiger partial charge in [0.25, 0.3) is 0 Å². The average Bonchev–Trinajstić information content (AvgIpc) is 3.60. The van der Waals surface area contributed by atoms with Gasteiger partial charge in [-0.15, -0.1) is 0 Å². The van der Waals surface area contributed by atoms with E-state index in [1.54, 1.807) is 6.92 Å². The second-order valence-electron chi connectivity index (χ2n) is 15.0. The lowest BCUT2D eigenvalue weighted by Crippen LogP contribution is -2.66. The van der Waals surface area contributed by atoms with Gasteiger partial charge in [0.1, 0.15) is 54.4 Å². The van der Waals surface area contributed by atoms with Crippen LogP contribution in [0.1, 0.15) is 53.4 Å². The number of esters is 1. The highest BCUT2D eigenvalue weighted by Crippen LogP contribution is 2.83. The van der Waals surface area contributed by atoms with E-state index in [4.69, 9.17) is 23.7 Å². The van der Waals surface area contributed by atoms with E-state index >= 15 is 4.79 Å². The van der Waals surface area contributed by atoms with E-state index < -0.39 is 90.2 Å². The molecule has 2 heterocycles. The average molecular weight is 655 g/mol. The smallest absolute Gasteiger partial charge is 0.320 e. The molecular weight excluding hydrogens is 604 g/mol. The molecule has 0 aromatic carbocycles. The second-order valence-corrected chi connectivity index (χ2v) is 15.0. The van der Waals surface area contributed by atoms with E-state index in [0.717, 1.165) is 24.7 Å². The Morgan fingerprint density at radius 1 is 1.00 bits per heavy atom. The maximum Gasteiger partial charge on any atom is 0.320 e. The van der Waals surface area contributed by atoms with Gasteiger partial charge < -0.3 is 59.1 Å². The molecule has 0 aromatic heterocycles. The fourth-order valence-corrected chi connectivity index (χ4v) is 10.7. The highest BCUT2D eigenvalue weighted by atomic mass is 16.7. The molecule has 0 unspecified atom stereocenters. The summed E-state index contributed by atoms with van der Waals surface area (Å²) in [6.07, 6.45) is -8.04. The van der Waals surface area contributed by atoms with Crippen molar-refractivity contribution in [2.45, 2.75) is 115 Å². The first-order valence-electron chi connectivity index (χ1n) is 16.6. The third-order valence-electron chi connectivity index (χ3n) is 12.7. The van der Waals surface area contributed by atoms with Crippen LogP contribution >= 0.6 is 0 Å². The summed E-state index contributed by atoms with van der Waals surface area (Å²) in [4.78, 5) is 28.8. The van der Waals surface area contributed by atoms with Gasteiger partial charge in [0.05, 0.1) is 24.7 Å². The number of allylic oxidation sites excluding steroid dienone is 1. The Balaban J connectivity index is 1.43. The lowest BCUT2D eigenvalue weighted by atomic mass is 9.43. The zero-order chi connectivity index (χ0) is 33.5. The fraction of sp³-hybridized carbons (Fsp3) is 0.879. The van der Waals surface area contributed by atoms with Crippen molar-refractivity contribution < 1.29 is 63.9 Å². The number of methoxy groups -OCH3 is 1. The Morgan fingerprint density at radius 2 is 1.70 bits per heavy atom. The quantitative estimate of drug-likeness (QED) is 0.107. The Morgan fingerprint density at radius 3 is 2.33 bits per heavy atom. The monoisotopic (exact) mass is 654 g/mol. The minimum absolute atomic E-state index is 0.0987. The first-order chi connectivity index (χ1) is 21.8. The molecule has 2 saturated heterocycles. The molecule has 3 saturated carbocycles. The number of ether oxygens (including phenoxy) is 5. The van der Waals surface area contributed by atoms with Gasteiger partial charge in [-0.2, -0.15) is 0 Å². The lowest BCUT2D eigenvalue weighted by Gasteiger charge is -2.59. The fourth-order valence-electron chi connectivity index (χ4n) is 10.7. The maximum absolute atomic E-state index is 15.1. The first-order valence-corrected chi connectivity index (χ1v) is 16.6. The number of hydrogen-bond donors (Lipinski definition) is 6. The normalized spacial score (nSPS) is 52.8. The summed E-state index contributed by atoms with van der Waals surface area (Å²) in [6.45, 7) is 6.97. The van der Waals surface area contributed by atoms with Gasteiger partial charge in [-0.25, -0.2) is 0 Å². The van der Waals surface area contributed by atoms with Crippen LogP contribution in [0.15, 0.2) is 11.6 Å². The highest BCUT2D eigenvalue weighted by Gasteiger charge is 2.85. The van der Waals surface area contributed by atoms with Crippen LogP contribution in [-0.4, -0.2) is 125 Å². The van der Waals surface area contributed by atoms with Gasteiger partial charge >= 0.3 is 5.97 Å². The number of rotatable bonds is 9. The molecule has 0 amide bonds. The number of fused-ring (bicyclic) bond motifs is 2. The van der Waals surface area contributed by atoms with Crippen molar-refractivity contribution in [3.05, 3.63) is 11.6 Å². The minimum atomic E-state index is -1.82. The molecule has 5 fully saturated rings. The molecule has 2 aliphatic heterocycles. The van der Waals surface area contributed by atoms with Crippen molar-refractivity contribution in [3.63, 3.8) is 0 Å². The van der Waals surface area contributed by atoms with Crippen LogP contribution in [0.4, 0.5) is 0 Å². The summed E-state index contributed by atoms with van der Waals surface area (Å²) in [7, 11) is 1.42. The number of aliphatic hydroxyl groups excluding tert-OH is 6. The van der Waals surface area contributed by atoms with Crippen molar-refractivity contribution in [3.8, 4) is 0 Å². The van der Waals surface area contributed by atoms with Gasteiger partial charge in [0, 0.05) is 12.5 Å². The summed E-state index contributed by atoms with van der Waals surface area (Å²) in [6, 6.07) is 0. The Hall–Kier alpha value is -1.52. The van der Waals surface area contributed by atoms with Crippen molar-refractivity contribution in [2.75, 3.05) is 20.3 Å². The minimum Gasteiger partial charge on any atom is -0.432 e. The molecule has 4 aliphatic carbocycles. The molecule has 0 radical (unpaired) electrons. The molecule has 6 rings (SSSR count). The van der Waals surface area contributed by atoms with E-state index in [0.29, 0.717) is 12.8 Å². The predicted octanol–water partition coefficient (Wildman–Crippen LogP) is -0.332. The van der Waals surface area contributed by atoms with E-state index in [1.807, 2.05) is 13.8 Å². The number of aldehydes is 1. The zero-order valence-electron chi connectivity index (χ0n) is 27.1. The molecule has 260 valence electrons. The molecule has 6 N–H and O–H groups in total. The van der Waals surface area contributed by atoms with Gasteiger partial charge in [-0.1, -0.05) is 38.8 Å². The van der Waals surface area contributed by atoms with Crippen molar-refractivity contribution in [1.82, 2.24) is 0 Å².